The van der Waals surface area contributed by atoms with E-state index >= 15 is 0 Å². The van der Waals surface area contributed by atoms with Crippen LogP contribution in [0.4, 0.5) is 0 Å². The zero-order chi connectivity index (χ0) is 15.6. The summed E-state index contributed by atoms with van der Waals surface area (Å²) in [5, 5.41) is 0.189. The van der Waals surface area contributed by atoms with Gasteiger partial charge in [0.1, 0.15) is 4.90 Å². The van der Waals surface area contributed by atoms with Crippen LogP contribution in [0, 0.1) is 6.92 Å². The first kappa shape index (κ1) is 16.5. The van der Waals surface area contributed by atoms with Crippen LogP contribution in [0.1, 0.15) is 28.3 Å². The lowest BCUT2D eigenvalue weighted by Gasteiger charge is -2.14. The van der Waals surface area contributed by atoms with Crippen molar-refractivity contribution >= 4 is 33.0 Å². The number of nitrogens with two attached hydrogens (primary N) is 1. The standard InChI is InChI=1S/C14H17ClN2O2S2/c1-9-3-6-13(20-9)10(2)17-21(18,19)14-7-11(8-16)4-5-12(14)15/h3-7,10,17H,8,16H2,1-2H3. The molecule has 4 nitrogen and oxygen atoms in total. The van der Waals surface area contributed by atoms with Gasteiger partial charge in [-0.3, -0.25) is 0 Å². The quantitative estimate of drug-likeness (QED) is 0.874. The van der Waals surface area contributed by atoms with E-state index in [4.69, 9.17) is 17.3 Å². The molecule has 0 radical (unpaired) electrons. The van der Waals surface area contributed by atoms with Crippen LogP contribution >= 0.6 is 22.9 Å². The number of hydrogen-bond acceptors (Lipinski definition) is 4. The summed E-state index contributed by atoms with van der Waals surface area (Å²) in [6.45, 7) is 4.06. The van der Waals surface area contributed by atoms with Crippen LogP contribution < -0.4 is 10.5 Å². The summed E-state index contributed by atoms with van der Waals surface area (Å²) in [4.78, 5) is 2.16. The van der Waals surface area contributed by atoms with Gasteiger partial charge in [-0.15, -0.1) is 11.3 Å². The Bertz CT molecular complexity index is 741. The smallest absolute Gasteiger partial charge is 0.242 e. The molecule has 0 saturated heterocycles. The zero-order valence-corrected chi connectivity index (χ0v) is 14.1. The number of aryl methyl sites for hydroxylation is 1. The summed E-state index contributed by atoms with van der Waals surface area (Å²) in [6, 6.07) is 8.35. The van der Waals surface area contributed by atoms with Gasteiger partial charge in [0.15, 0.2) is 0 Å². The van der Waals surface area contributed by atoms with E-state index in [0.29, 0.717) is 0 Å². The Kier molecular flexibility index (Phi) is 5.06. The summed E-state index contributed by atoms with van der Waals surface area (Å²) in [5.41, 5.74) is 6.27. The minimum absolute atomic E-state index is 0.0623. The van der Waals surface area contributed by atoms with Gasteiger partial charge < -0.3 is 5.73 Å². The molecule has 0 aliphatic carbocycles. The van der Waals surface area contributed by atoms with Crippen LogP contribution in [-0.4, -0.2) is 8.42 Å². The molecule has 1 heterocycles. The number of benzene rings is 1. The molecule has 1 atom stereocenters. The predicted molar refractivity (Wildman–Crippen MR) is 87.1 cm³/mol. The molecule has 0 saturated carbocycles. The summed E-state index contributed by atoms with van der Waals surface area (Å²) in [5.74, 6) is 0. The number of sulfonamides is 1. The van der Waals surface area contributed by atoms with Crippen LogP contribution in [0.2, 0.25) is 5.02 Å². The second kappa shape index (κ2) is 6.46. The highest BCUT2D eigenvalue weighted by Gasteiger charge is 2.22. The van der Waals surface area contributed by atoms with Crippen LogP contribution in [0.25, 0.3) is 0 Å². The van der Waals surface area contributed by atoms with Crippen molar-refractivity contribution in [3.63, 3.8) is 0 Å². The normalized spacial score (nSPS) is 13.3. The van der Waals surface area contributed by atoms with E-state index in [1.54, 1.807) is 23.5 Å². The predicted octanol–water partition coefficient (Wildman–Crippen LogP) is 3.21. The highest BCUT2D eigenvalue weighted by Crippen LogP contribution is 2.27. The maximum Gasteiger partial charge on any atom is 0.242 e. The van der Waals surface area contributed by atoms with E-state index in [-0.39, 0.29) is 22.5 Å². The third-order valence-corrected chi connectivity index (χ3v) is 6.25. The Balaban J connectivity index is 2.30. The molecule has 0 bridgehead atoms. The number of halogens is 1. The molecular weight excluding hydrogens is 328 g/mol. The van der Waals surface area contributed by atoms with Gasteiger partial charge in [0.05, 0.1) is 11.1 Å². The van der Waals surface area contributed by atoms with E-state index in [1.807, 2.05) is 26.0 Å². The first-order chi connectivity index (χ1) is 9.83. The summed E-state index contributed by atoms with van der Waals surface area (Å²) in [7, 11) is -3.69. The number of hydrogen-bond donors (Lipinski definition) is 2. The van der Waals surface area contributed by atoms with E-state index < -0.39 is 10.0 Å². The Morgan fingerprint density at radius 3 is 2.62 bits per heavy atom. The lowest BCUT2D eigenvalue weighted by molar-refractivity contribution is 0.568. The fraction of sp³-hybridized carbons (Fsp3) is 0.286. The Hall–Kier alpha value is -0.920. The molecule has 0 amide bonds. The summed E-state index contributed by atoms with van der Waals surface area (Å²) in [6.07, 6.45) is 0. The Morgan fingerprint density at radius 2 is 2.05 bits per heavy atom. The average molecular weight is 345 g/mol. The molecular formula is C14H17ClN2O2S2. The molecule has 1 unspecified atom stereocenters. The van der Waals surface area contributed by atoms with Crippen LogP contribution in [0.3, 0.4) is 0 Å². The van der Waals surface area contributed by atoms with Crippen LogP contribution in [0.5, 0.6) is 0 Å². The van der Waals surface area contributed by atoms with Crippen molar-refractivity contribution in [3.05, 3.63) is 50.7 Å². The van der Waals surface area contributed by atoms with Crippen molar-refractivity contribution in [2.45, 2.75) is 31.3 Å². The van der Waals surface area contributed by atoms with E-state index in [1.165, 1.54) is 6.07 Å². The molecule has 0 aliphatic rings. The average Bonchev–Trinajstić information content (AvgIpc) is 2.85. The van der Waals surface area contributed by atoms with Crippen molar-refractivity contribution in [3.8, 4) is 0 Å². The minimum atomic E-state index is -3.69. The van der Waals surface area contributed by atoms with Gasteiger partial charge in [0, 0.05) is 16.3 Å². The SMILES string of the molecule is Cc1ccc(C(C)NS(=O)(=O)c2cc(CN)ccc2Cl)s1. The molecule has 0 fully saturated rings. The monoisotopic (exact) mass is 344 g/mol. The maximum absolute atomic E-state index is 12.5. The van der Waals surface area contributed by atoms with E-state index in [0.717, 1.165) is 15.3 Å². The van der Waals surface area contributed by atoms with Crippen molar-refractivity contribution in [2.75, 3.05) is 0 Å². The van der Waals surface area contributed by atoms with Gasteiger partial charge >= 0.3 is 0 Å². The molecule has 7 heteroatoms. The number of nitrogens with one attached hydrogen (secondary N) is 1. The van der Waals surface area contributed by atoms with E-state index in [2.05, 4.69) is 4.72 Å². The molecule has 114 valence electrons. The first-order valence-corrected chi connectivity index (χ1v) is 9.08. The Labute approximate surface area is 134 Å². The summed E-state index contributed by atoms with van der Waals surface area (Å²) >= 11 is 7.58. The van der Waals surface area contributed by atoms with Crippen LogP contribution in [0.15, 0.2) is 35.2 Å². The molecule has 0 aliphatic heterocycles. The van der Waals surface area contributed by atoms with Crippen molar-refractivity contribution < 1.29 is 8.42 Å². The lowest BCUT2D eigenvalue weighted by atomic mass is 10.2. The molecule has 1 aromatic carbocycles. The van der Waals surface area contributed by atoms with Gasteiger partial charge in [0.2, 0.25) is 10.0 Å². The number of rotatable bonds is 5. The fourth-order valence-corrected chi connectivity index (χ4v) is 4.65. The zero-order valence-electron chi connectivity index (χ0n) is 11.8. The maximum atomic E-state index is 12.5. The molecule has 0 spiro atoms. The van der Waals surface area contributed by atoms with Gasteiger partial charge in [-0.2, -0.15) is 0 Å². The second-order valence-corrected chi connectivity index (χ2v) is 8.17. The molecule has 3 N–H and O–H groups in total. The molecule has 21 heavy (non-hydrogen) atoms. The largest absolute Gasteiger partial charge is 0.326 e. The highest BCUT2D eigenvalue weighted by atomic mass is 35.5. The van der Waals surface area contributed by atoms with Crippen molar-refractivity contribution in [1.29, 1.82) is 0 Å². The fourth-order valence-electron chi connectivity index (χ4n) is 1.92. The summed E-state index contributed by atoms with van der Waals surface area (Å²) < 4.78 is 27.6. The second-order valence-electron chi connectivity index (χ2n) is 4.76. The van der Waals surface area contributed by atoms with Crippen molar-refractivity contribution in [2.24, 2.45) is 5.73 Å². The van der Waals surface area contributed by atoms with Crippen LogP contribution in [-0.2, 0) is 16.6 Å². The Morgan fingerprint density at radius 1 is 1.33 bits per heavy atom. The van der Waals surface area contributed by atoms with E-state index in [9.17, 15) is 8.42 Å². The first-order valence-electron chi connectivity index (χ1n) is 6.40. The molecule has 2 aromatic rings. The van der Waals surface area contributed by atoms with Gasteiger partial charge in [0.25, 0.3) is 0 Å². The third-order valence-electron chi connectivity index (χ3n) is 3.04. The lowest BCUT2D eigenvalue weighted by Crippen LogP contribution is -2.26. The number of thiophene rings is 1. The third kappa shape index (κ3) is 3.84. The molecule has 2 rings (SSSR count). The van der Waals surface area contributed by atoms with Gasteiger partial charge in [-0.1, -0.05) is 17.7 Å². The van der Waals surface area contributed by atoms with Gasteiger partial charge in [-0.25, -0.2) is 13.1 Å². The minimum Gasteiger partial charge on any atom is -0.326 e. The topological polar surface area (TPSA) is 72.2 Å². The van der Waals surface area contributed by atoms with Crippen molar-refractivity contribution in [1.82, 2.24) is 4.72 Å². The molecule has 1 aromatic heterocycles. The highest BCUT2D eigenvalue weighted by molar-refractivity contribution is 7.89. The van der Waals surface area contributed by atoms with Gasteiger partial charge in [-0.05, 0) is 43.7 Å².